The van der Waals surface area contributed by atoms with Crippen molar-refractivity contribution in [2.24, 2.45) is 0 Å². The van der Waals surface area contributed by atoms with Crippen LogP contribution < -0.4 is 0 Å². The van der Waals surface area contributed by atoms with Gasteiger partial charge in [0.15, 0.2) is 0 Å². The first-order valence-corrected chi connectivity index (χ1v) is 16.5. The van der Waals surface area contributed by atoms with E-state index in [2.05, 4.69) is 47.0 Å². The number of furan rings is 1. The lowest BCUT2D eigenvalue weighted by Crippen LogP contribution is -1.96. The minimum absolute atomic E-state index is 0.0445. The van der Waals surface area contributed by atoms with Gasteiger partial charge in [0.2, 0.25) is 0 Å². The Hall–Kier alpha value is -6.84. The summed E-state index contributed by atoms with van der Waals surface area (Å²) in [4.78, 5) is 0. The largest absolute Gasteiger partial charge is 0.456 e. The summed E-state index contributed by atoms with van der Waals surface area (Å²) in [5.74, 6) is 0. The Morgan fingerprint density at radius 2 is 1.00 bits per heavy atom. The number of nitrogens with zero attached hydrogens (tertiary/aromatic N) is 2. The van der Waals surface area contributed by atoms with E-state index < -0.39 is 66.5 Å². The molecule has 0 spiro atoms. The van der Waals surface area contributed by atoms with Gasteiger partial charge in [-0.05, 0) is 76.8 Å². The number of benzene rings is 8. The van der Waals surface area contributed by atoms with Gasteiger partial charge in [-0.1, -0.05) is 127 Å². The monoisotopic (exact) mass is 661 g/mol. The predicted octanol–water partition coefficient (Wildman–Crippen LogP) is 13.1. The molecule has 0 N–H and O–H groups in total. The molecule has 3 aromatic heterocycles. The number of hydrogen-bond acceptors (Lipinski definition) is 1. The first-order valence-electron chi connectivity index (χ1n) is 22.0. The van der Waals surface area contributed by atoms with Gasteiger partial charge in [-0.25, -0.2) is 0 Å². The van der Waals surface area contributed by atoms with Crippen molar-refractivity contribution in [2.75, 3.05) is 0 Å². The van der Waals surface area contributed by atoms with Crippen molar-refractivity contribution < 1.29 is 19.5 Å². The van der Waals surface area contributed by atoms with Crippen LogP contribution in [0.3, 0.4) is 0 Å². The first-order chi connectivity index (χ1) is 29.9. The fraction of sp³-hybridized carbons (Fsp3) is 0. The average Bonchev–Trinajstić information content (AvgIpc) is 3.96. The van der Waals surface area contributed by atoms with Gasteiger partial charge in [-0.2, -0.15) is 0 Å². The molecule has 0 bridgehead atoms. The molecule has 51 heavy (non-hydrogen) atoms. The van der Waals surface area contributed by atoms with Crippen molar-refractivity contribution in [3.8, 4) is 33.6 Å². The van der Waals surface area contributed by atoms with Crippen molar-refractivity contribution in [1.29, 1.82) is 0 Å². The van der Waals surface area contributed by atoms with Crippen molar-refractivity contribution in [3.05, 3.63) is 182 Å². The van der Waals surface area contributed by atoms with Crippen LogP contribution >= 0.6 is 0 Å². The zero-order valence-electron chi connectivity index (χ0n) is 37.8. The second-order valence-electron chi connectivity index (χ2n) is 12.5. The lowest BCUT2D eigenvalue weighted by Gasteiger charge is -2.13. The average molecular weight is 662 g/mol. The summed E-state index contributed by atoms with van der Waals surface area (Å²) in [5, 5.41) is 3.80. The molecule has 0 aliphatic rings. The van der Waals surface area contributed by atoms with Crippen LogP contribution in [-0.4, -0.2) is 9.13 Å². The van der Waals surface area contributed by atoms with Crippen LogP contribution in [0.1, 0.15) is 15.1 Å². The quantitative estimate of drug-likeness (QED) is 0.184. The lowest BCUT2D eigenvalue weighted by molar-refractivity contribution is 0.669. The van der Waals surface area contributed by atoms with E-state index in [1.807, 2.05) is 72.8 Å². The Labute approximate surface area is 309 Å². The van der Waals surface area contributed by atoms with E-state index in [-0.39, 0.29) is 38.8 Å². The second-order valence-corrected chi connectivity index (χ2v) is 12.5. The molecule has 0 unspecified atom stereocenters. The fourth-order valence-electron chi connectivity index (χ4n) is 7.52. The molecular formula is C48H30N2O. The van der Waals surface area contributed by atoms with Crippen LogP contribution in [0.25, 0.3) is 99.2 Å². The van der Waals surface area contributed by atoms with Crippen LogP contribution in [0.5, 0.6) is 0 Å². The molecule has 3 heteroatoms. The molecule has 238 valence electrons. The maximum atomic E-state index is 10.0. The summed E-state index contributed by atoms with van der Waals surface area (Å²) in [5.41, 5.74) is 4.96. The van der Waals surface area contributed by atoms with E-state index in [4.69, 9.17) is 16.8 Å². The summed E-state index contributed by atoms with van der Waals surface area (Å²) in [6.07, 6.45) is 0. The van der Waals surface area contributed by atoms with Gasteiger partial charge in [0.25, 0.3) is 0 Å². The van der Waals surface area contributed by atoms with E-state index in [9.17, 15) is 2.74 Å². The van der Waals surface area contributed by atoms with Crippen molar-refractivity contribution in [1.82, 2.24) is 9.13 Å². The molecule has 0 fully saturated rings. The van der Waals surface area contributed by atoms with E-state index in [1.54, 1.807) is 4.57 Å². The highest BCUT2D eigenvalue weighted by Crippen LogP contribution is 2.42. The van der Waals surface area contributed by atoms with E-state index >= 15 is 0 Å². The summed E-state index contributed by atoms with van der Waals surface area (Å²) in [7, 11) is 0. The summed E-state index contributed by atoms with van der Waals surface area (Å²) in [6, 6.07) is 32.3. The van der Waals surface area contributed by atoms with Crippen molar-refractivity contribution in [2.45, 2.75) is 0 Å². The van der Waals surface area contributed by atoms with Gasteiger partial charge in [0.1, 0.15) is 11.2 Å². The maximum Gasteiger partial charge on any atom is 0.138 e. The third-order valence-electron chi connectivity index (χ3n) is 9.72. The minimum Gasteiger partial charge on any atom is -0.456 e. The number of para-hydroxylation sites is 4. The van der Waals surface area contributed by atoms with Gasteiger partial charge >= 0.3 is 0 Å². The molecule has 11 aromatic rings. The molecule has 0 aliphatic carbocycles. The molecule has 0 amide bonds. The van der Waals surface area contributed by atoms with E-state index in [0.717, 1.165) is 49.4 Å². The summed E-state index contributed by atoms with van der Waals surface area (Å²) in [6.45, 7) is 0. The van der Waals surface area contributed by atoms with Gasteiger partial charge < -0.3 is 13.6 Å². The highest BCUT2D eigenvalue weighted by molar-refractivity contribution is 6.16. The standard InChI is InChI=1S/C48H30N2O/c1-3-13-31(14-4-1)34-29-45(48-40-19-9-12-22-46(40)51-47(48)30-34)50-42-21-11-8-18-37(42)39-26-24-33(28-44(39)50)32-23-25-38-36-17-7-10-20-41(36)49(43(38)27-32)35-15-5-2-6-16-35/h1-30H/i1D,3D,4D,9D,12D,13D,14D,19D,22D,29D,30D. The first kappa shape index (κ1) is 19.4. The maximum absolute atomic E-state index is 10.0. The normalized spacial score (nSPS) is 14.9. The highest BCUT2D eigenvalue weighted by atomic mass is 16.3. The third-order valence-corrected chi connectivity index (χ3v) is 9.72. The van der Waals surface area contributed by atoms with Gasteiger partial charge in [0.05, 0.1) is 48.2 Å². The summed E-state index contributed by atoms with van der Waals surface area (Å²) >= 11 is 0. The second kappa shape index (κ2) is 10.8. The van der Waals surface area contributed by atoms with E-state index in [0.29, 0.717) is 11.0 Å². The van der Waals surface area contributed by atoms with Crippen molar-refractivity contribution >= 4 is 65.6 Å². The number of aromatic nitrogens is 2. The Morgan fingerprint density at radius 3 is 1.73 bits per heavy atom. The molecule has 0 radical (unpaired) electrons. The Kier molecular flexibility index (Phi) is 4.11. The van der Waals surface area contributed by atoms with Crippen LogP contribution in [0.4, 0.5) is 0 Å². The number of rotatable bonds is 4. The molecule has 0 saturated heterocycles. The zero-order chi connectivity index (χ0) is 43.0. The van der Waals surface area contributed by atoms with Crippen LogP contribution in [0.2, 0.25) is 0 Å². The van der Waals surface area contributed by atoms with Crippen LogP contribution in [-0.2, 0) is 0 Å². The van der Waals surface area contributed by atoms with E-state index in [1.165, 1.54) is 0 Å². The Balaban J connectivity index is 1.28. The molecular weight excluding hydrogens is 621 g/mol. The zero-order valence-corrected chi connectivity index (χ0v) is 26.8. The Morgan fingerprint density at radius 1 is 0.412 bits per heavy atom. The third kappa shape index (κ3) is 4.19. The van der Waals surface area contributed by atoms with Crippen LogP contribution in [0.15, 0.2) is 186 Å². The predicted molar refractivity (Wildman–Crippen MR) is 213 cm³/mol. The molecule has 0 aliphatic heterocycles. The fourth-order valence-corrected chi connectivity index (χ4v) is 7.52. The number of fused-ring (bicyclic) bond motifs is 9. The van der Waals surface area contributed by atoms with Crippen LogP contribution in [0, 0.1) is 0 Å². The summed E-state index contributed by atoms with van der Waals surface area (Å²) < 4.78 is 108. The topological polar surface area (TPSA) is 23.0 Å². The smallest absolute Gasteiger partial charge is 0.138 e. The minimum atomic E-state index is -0.643. The lowest BCUT2D eigenvalue weighted by atomic mass is 10.0. The van der Waals surface area contributed by atoms with Gasteiger partial charge in [-0.15, -0.1) is 0 Å². The molecule has 3 nitrogen and oxygen atoms in total. The van der Waals surface area contributed by atoms with Gasteiger partial charge in [0, 0.05) is 32.6 Å². The Bertz CT molecular complexity index is 3750. The van der Waals surface area contributed by atoms with Crippen molar-refractivity contribution in [3.63, 3.8) is 0 Å². The molecule has 3 heterocycles. The number of hydrogen-bond donors (Lipinski definition) is 0. The molecule has 0 atom stereocenters. The SMILES string of the molecule is [2H]c1c([2H])c([2H])c(-c2c([2H])c(-n3c4ccccc4c4ccc(-c5ccc6c7ccccc7n(-c7ccccc7)c6c5)cc43)c3c(oc4c([2H])c([2H])c([2H])c([2H])c43)c2[2H])c([2H])c1[2H]. The van der Waals surface area contributed by atoms with Gasteiger partial charge in [-0.3, -0.25) is 0 Å². The molecule has 8 aromatic carbocycles. The highest BCUT2D eigenvalue weighted by Gasteiger charge is 2.20. The molecule has 0 saturated carbocycles. The molecule has 11 rings (SSSR count).